The van der Waals surface area contributed by atoms with Gasteiger partial charge in [-0.25, -0.2) is 0 Å². The van der Waals surface area contributed by atoms with Crippen LogP contribution in [0.15, 0.2) is 12.3 Å². The van der Waals surface area contributed by atoms with Crippen LogP contribution in [0.2, 0.25) is 0 Å². The van der Waals surface area contributed by atoms with E-state index in [0.717, 1.165) is 18.8 Å². The number of ether oxygens (including phenoxy) is 1. The number of β-amino-alcohol motifs (C(OH)–C–C–N with tert-alkyl or cyclic N) is 1. The Morgan fingerprint density at radius 2 is 2.18 bits per heavy atom. The van der Waals surface area contributed by atoms with Gasteiger partial charge in [0.2, 0.25) is 5.91 Å². The van der Waals surface area contributed by atoms with Gasteiger partial charge in [-0.1, -0.05) is 0 Å². The molecule has 2 saturated heterocycles. The number of likely N-dealkylation sites (tertiary alicyclic amines) is 1. The standard InChI is InChI=1S/C15H24N4O3/c1-12-2-4-19(16-12)5-3-15(21)18-10-13(14(20)11-18)17-6-8-22-9-7-17/h2,4,13-14,20H,3,5-11H2,1H3/t13-,14-/m1/s1. The molecule has 0 aliphatic carbocycles. The number of rotatable bonds is 4. The topological polar surface area (TPSA) is 70.8 Å². The average Bonchev–Trinajstić information content (AvgIpc) is 3.12. The molecular formula is C15H24N4O3. The summed E-state index contributed by atoms with van der Waals surface area (Å²) in [6.45, 7) is 6.62. The van der Waals surface area contributed by atoms with Crippen LogP contribution in [0.5, 0.6) is 0 Å². The molecule has 22 heavy (non-hydrogen) atoms. The Labute approximate surface area is 130 Å². The molecule has 0 radical (unpaired) electrons. The van der Waals surface area contributed by atoms with Gasteiger partial charge in [-0.2, -0.15) is 5.10 Å². The normalized spacial score (nSPS) is 26.5. The van der Waals surface area contributed by atoms with E-state index >= 15 is 0 Å². The van der Waals surface area contributed by atoms with Gasteiger partial charge in [0.05, 0.1) is 31.1 Å². The number of aliphatic hydroxyl groups excluding tert-OH is 1. The van der Waals surface area contributed by atoms with Crippen molar-refractivity contribution in [1.82, 2.24) is 19.6 Å². The summed E-state index contributed by atoms with van der Waals surface area (Å²) in [4.78, 5) is 16.3. The van der Waals surface area contributed by atoms with Gasteiger partial charge in [-0.05, 0) is 13.0 Å². The Bertz CT molecular complexity index is 513. The minimum Gasteiger partial charge on any atom is -0.390 e. The fraction of sp³-hybridized carbons (Fsp3) is 0.733. The first-order valence-electron chi connectivity index (χ1n) is 7.91. The molecule has 3 rings (SSSR count). The highest BCUT2D eigenvalue weighted by molar-refractivity contribution is 5.76. The first kappa shape index (κ1) is 15.5. The first-order valence-corrected chi connectivity index (χ1v) is 7.91. The highest BCUT2D eigenvalue weighted by Crippen LogP contribution is 2.18. The lowest BCUT2D eigenvalue weighted by Gasteiger charge is -2.33. The third kappa shape index (κ3) is 3.48. The molecule has 0 unspecified atom stereocenters. The molecule has 122 valence electrons. The molecule has 2 atom stereocenters. The van der Waals surface area contributed by atoms with Crippen molar-refractivity contribution in [2.45, 2.75) is 32.0 Å². The number of aryl methyl sites for hydroxylation is 2. The Kier molecular flexibility index (Phi) is 4.75. The molecule has 1 N–H and O–H groups in total. The van der Waals surface area contributed by atoms with Crippen LogP contribution in [0.25, 0.3) is 0 Å². The molecule has 0 bridgehead atoms. The lowest BCUT2D eigenvalue weighted by Crippen LogP contribution is -2.49. The SMILES string of the molecule is Cc1ccn(CCC(=O)N2C[C@@H](O)[C@H](N3CCOCC3)C2)n1. The van der Waals surface area contributed by atoms with Gasteiger partial charge in [0.15, 0.2) is 0 Å². The summed E-state index contributed by atoms with van der Waals surface area (Å²) in [5, 5.41) is 14.5. The van der Waals surface area contributed by atoms with Crippen molar-refractivity contribution < 1.29 is 14.6 Å². The van der Waals surface area contributed by atoms with Crippen LogP contribution in [0.3, 0.4) is 0 Å². The largest absolute Gasteiger partial charge is 0.390 e. The van der Waals surface area contributed by atoms with Crippen LogP contribution in [-0.4, -0.2) is 82.1 Å². The Balaban J connectivity index is 1.51. The maximum atomic E-state index is 12.3. The Morgan fingerprint density at radius 3 is 2.86 bits per heavy atom. The summed E-state index contributed by atoms with van der Waals surface area (Å²) >= 11 is 0. The van der Waals surface area contributed by atoms with E-state index in [9.17, 15) is 9.90 Å². The van der Waals surface area contributed by atoms with Gasteiger partial charge in [0, 0.05) is 45.3 Å². The van der Waals surface area contributed by atoms with E-state index in [1.165, 1.54) is 0 Å². The smallest absolute Gasteiger partial charge is 0.224 e. The van der Waals surface area contributed by atoms with Crippen LogP contribution in [-0.2, 0) is 16.1 Å². The predicted molar refractivity (Wildman–Crippen MR) is 80.3 cm³/mol. The van der Waals surface area contributed by atoms with Gasteiger partial charge in [0.25, 0.3) is 0 Å². The van der Waals surface area contributed by atoms with Gasteiger partial charge in [-0.15, -0.1) is 0 Å². The molecule has 1 aromatic rings. The molecule has 7 heteroatoms. The van der Waals surface area contributed by atoms with E-state index in [-0.39, 0.29) is 11.9 Å². The fourth-order valence-electron chi connectivity index (χ4n) is 3.20. The van der Waals surface area contributed by atoms with Crippen molar-refractivity contribution >= 4 is 5.91 Å². The van der Waals surface area contributed by atoms with Gasteiger partial charge in [-0.3, -0.25) is 14.4 Å². The summed E-state index contributed by atoms with van der Waals surface area (Å²) in [6.07, 6.45) is 1.84. The molecule has 1 amide bonds. The number of aromatic nitrogens is 2. The number of hydrogen-bond acceptors (Lipinski definition) is 5. The first-order chi connectivity index (χ1) is 10.6. The number of nitrogens with zero attached hydrogens (tertiary/aromatic N) is 4. The fourth-order valence-corrected chi connectivity index (χ4v) is 3.20. The molecule has 1 aromatic heterocycles. The van der Waals surface area contributed by atoms with E-state index in [1.54, 1.807) is 9.58 Å². The van der Waals surface area contributed by atoms with Crippen molar-refractivity contribution in [3.63, 3.8) is 0 Å². The molecule has 2 aliphatic heterocycles. The minimum atomic E-state index is -0.464. The summed E-state index contributed by atoms with van der Waals surface area (Å²) in [6, 6.07) is 1.97. The van der Waals surface area contributed by atoms with Crippen LogP contribution < -0.4 is 0 Å². The van der Waals surface area contributed by atoms with Crippen LogP contribution in [0.4, 0.5) is 0 Å². The third-order valence-corrected chi connectivity index (χ3v) is 4.46. The summed E-state index contributed by atoms with van der Waals surface area (Å²) in [5.41, 5.74) is 0.955. The van der Waals surface area contributed by atoms with Gasteiger partial charge in [0.1, 0.15) is 0 Å². The second-order valence-electron chi connectivity index (χ2n) is 6.05. The second-order valence-corrected chi connectivity index (χ2v) is 6.05. The highest BCUT2D eigenvalue weighted by atomic mass is 16.5. The molecule has 0 saturated carbocycles. The zero-order chi connectivity index (χ0) is 15.5. The molecule has 7 nitrogen and oxygen atoms in total. The maximum absolute atomic E-state index is 12.3. The van der Waals surface area contributed by atoms with E-state index in [4.69, 9.17) is 4.74 Å². The molecule has 2 aliphatic rings. The molecular weight excluding hydrogens is 284 g/mol. The monoisotopic (exact) mass is 308 g/mol. The third-order valence-electron chi connectivity index (χ3n) is 4.46. The van der Waals surface area contributed by atoms with Crippen molar-refractivity contribution in [2.75, 3.05) is 39.4 Å². The summed E-state index contributed by atoms with van der Waals surface area (Å²) in [5.74, 6) is 0.0861. The Hall–Kier alpha value is -1.44. The van der Waals surface area contributed by atoms with Crippen molar-refractivity contribution in [3.05, 3.63) is 18.0 Å². The molecule has 0 spiro atoms. The van der Waals surface area contributed by atoms with Gasteiger partial charge < -0.3 is 14.7 Å². The quantitative estimate of drug-likeness (QED) is 0.811. The second kappa shape index (κ2) is 6.76. The number of carbonyl (C=O) groups excluding carboxylic acids is 1. The van der Waals surface area contributed by atoms with Crippen molar-refractivity contribution in [1.29, 1.82) is 0 Å². The van der Waals surface area contributed by atoms with Crippen molar-refractivity contribution in [3.8, 4) is 0 Å². The lowest BCUT2D eigenvalue weighted by atomic mass is 10.1. The number of hydrogen-bond donors (Lipinski definition) is 1. The number of aliphatic hydroxyl groups is 1. The summed E-state index contributed by atoms with van der Waals surface area (Å²) < 4.78 is 7.14. The highest BCUT2D eigenvalue weighted by Gasteiger charge is 2.37. The van der Waals surface area contributed by atoms with Crippen LogP contribution >= 0.6 is 0 Å². The molecule has 0 aromatic carbocycles. The predicted octanol–water partition coefficient (Wildman–Crippen LogP) is -0.514. The number of morpholine rings is 1. The van der Waals surface area contributed by atoms with Gasteiger partial charge >= 0.3 is 0 Å². The number of carbonyl (C=O) groups is 1. The molecule has 2 fully saturated rings. The Morgan fingerprint density at radius 1 is 1.41 bits per heavy atom. The van der Waals surface area contributed by atoms with E-state index < -0.39 is 6.10 Å². The van der Waals surface area contributed by atoms with Crippen molar-refractivity contribution in [2.24, 2.45) is 0 Å². The van der Waals surface area contributed by atoms with Crippen LogP contribution in [0, 0.1) is 6.92 Å². The number of amides is 1. The minimum absolute atomic E-state index is 0.0415. The van der Waals surface area contributed by atoms with E-state index in [2.05, 4.69) is 10.00 Å². The van der Waals surface area contributed by atoms with E-state index in [0.29, 0.717) is 39.3 Å². The van der Waals surface area contributed by atoms with Crippen LogP contribution in [0.1, 0.15) is 12.1 Å². The zero-order valence-corrected chi connectivity index (χ0v) is 13.0. The maximum Gasteiger partial charge on any atom is 0.224 e. The molecule has 3 heterocycles. The lowest BCUT2D eigenvalue weighted by molar-refractivity contribution is -0.130. The summed E-state index contributed by atoms with van der Waals surface area (Å²) in [7, 11) is 0. The zero-order valence-electron chi connectivity index (χ0n) is 13.0. The van der Waals surface area contributed by atoms with E-state index in [1.807, 2.05) is 19.2 Å². The average molecular weight is 308 g/mol.